The first-order valence-corrected chi connectivity index (χ1v) is 7.42. The maximum Gasteiger partial charge on any atom is 0.203 e. The molecule has 2 rings (SSSR count). The van der Waals surface area contributed by atoms with Crippen LogP contribution in [0.4, 0.5) is 5.69 Å². The molecule has 0 aliphatic rings. The van der Waals surface area contributed by atoms with E-state index in [1.165, 1.54) is 5.56 Å². The molecule has 0 radical (unpaired) electrons. The number of benzene rings is 2. The van der Waals surface area contributed by atoms with Gasteiger partial charge in [-0.15, -0.1) is 0 Å². The minimum atomic E-state index is 0.537. The molecule has 0 spiro atoms. The molecule has 0 bridgehead atoms. The molecular weight excluding hydrogens is 292 g/mol. The number of nitrogens with zero attached hydrogens (tertiary/aromatic N) is 1. The molecule has 0 saturated carbocycles. The topological polar surface area (TPSA) is 52.1 Å². The Kier molecular flexibility index (Phi) is 5.86. The molecule has 5 nitrogen and oxygen atoms in total. The second-order valence-corrected chi connectivity index (χ2v) is 4.92. The number of methoxy groups -OCH3 is 2. The Morgan fingerprint density at radius 2 is 1.65 bits per heavy atom. The Balaban J connectivity index is 2.18. The van der Waals surface area contributed by atoms with E-state index in [4.69, 9.17) is 14.2 Å². The zero-order valence-electron chi connectivity index (χ0n) is 13.9. The van der Waals surface area contributed by atoms with Crippen LogP contribution >= 0.6 is 0 Å². The van der Waals surface area contributed by atoms with Crippen molar-refractivity contribution in [2.24, 2.45) is 5.10 Å². The molecule has 0 aliphatic carbocycles. The second kappa shape index (κ2) is 8.08. The minimum Gasteiger partial charge on any atom is -0.493 e. The van der Waals surface area contributed by atoms with Gasteiger partial charge in [-0.25, -0.2) is 0 Å². The lowest BCUT2D eigenvalue weighted by Gasteiger charge is -2.14. The van der Waals surface area contributed by atoms with Gasteiger partial charge in [0.05, 0.1) is 32.7 Å². The number of hydrogen-bond donors (Lipinski definition) is 1. The highest BCUT2D eigenvalue weighted by Crippen LogP contribution is 2.38. The van der Waals surface area contributed by atoms with Gasteiger partial charge in [0.15, 0.2) is 11.5 Å². The average Bonchev–Trinajstić information content (AvgIpc) is 2.57. The Bertz CT molecular complexity index is 641. The number of nitrogens with one attached hydrogen (secondary N) is 1. The van der Waals surface area contributed by atoms with Gasteiger partial charge in [-0.2, -0.15) is 5.10 Å². The van der Waals surface area contributed by atoms with Crippen LogP contribution in [0.25, 0.3) is 0 Å². The van der Waals surface area contributed by atoms with E-state index in [0.29, 0.717) is 23.9 Å². The summed E-state index contributed by atoms with van der Waals surface area (Å²) in [6.45, 7) is 4.50. The Hall–Kier alpha value is -2.69. The normalized spacial score (nSPS) is 10.6. The molecule has 2 aromatic rings. The van der Waals surface area contributed by atoms with Crippen LogP contribution in [0, 0.1) is 6.92 Å². The van der Waals surface area contributed by atoms with Crippen molar-refractivity contribution in [3.63, 3.8) is 0 Å². The van der Waals surface area contributed by atoms with Crippen molar-refractivity contribution in [3.05, 3.63) is 47.5 Å². The highest BCUT2D eigenvalue weighted by Gasteiger charge is 2.13. The SMILES string of the molecule is CCOc1c(OC)cc(/C=N/Nc2ccc(C)cc2)cc1OC. The van der Waals surface area contributed by atoms with E-state index in [9.17, 15) is 0 Å². The summed E-state index contributed by atoms with van der Waals surface area (Å²) in [5.74, 6) is 1.83. The fraction of sp³-hybridized carbons (Fsp3) is 0.278. The van der Waals surface area contributed by atoms with Crippen LogP contribution in [0.15, 0.2) is 41.5 Å². The van der Waals surface area contributed by atoms with Gasteiger partial charge in [-0.05, 0) is 38.1 Å². The molecule has 5 heteroatoms. The van der Waals surface area contributed by atoms with Gasteiger partial charge in [0, 0.05) is 5.56 Å². The number of hydrazone groups is 1. The van der Waals surface area contributed by atoms with Crippen LogP contribution in [-0.2, 0) is 0 Å². The lowest BCUT2D eigenvalue weighted by Crippen LogP contribution is -2.00. The summed E-state index contributed by atoms with van der Waals surface area (Å²) in [4.78, 5) is 0. The van der Waals surface area contributed by atoms with E-state index in [1.807, 2.05) is 50.2 Å². The van der Waals surface area contributed by atoms with Gasteiger partial charge in [-0.3, -0.25) is 5.43 Å². The third-order valence-corrected chi connectivity index (χ3v) is 3.23. The molecule has 122 valence electrons. The molecule has 0 aliphatic heterocycles. The fourth-order valence-electron chi connectivity index (χ4n) is 2.07. The predicted octanol–water partition coefficient (Wildman–Crippen LogP) is 3.86. The predicted molar refractivity (Wildman–Crippen MR) is 93.1 cm³/mol. The van der Waals surface area contributed by atoms with E-state index >= 15 is 0 Å². The molecule has 0 atom stereocenters. The number of hydrogen-bond acceptors (Lipinski definition) is 5. The van der Waals surface area contributed by atoms with E-state index in [-0.39, 0.29) is 0 Å². The lowest BCUT2D eigenvalue weighted by atomic mass is 10.2. The maximum atomic E-state index is 5.58. The summed E-state index contributed by atoms with van der Waals surface area (Å²) in [6, 6.07) is 11.7. The van der Waals surface area contributed by atoms with Crippen molar-refractivity contribution < 1.29 is 14.2 Å². The Morgan fingerprint density at radius 1 is 1.04 bits per heavy atom. The van der Waals surface area contributed by atoms with Crippen molar-refractivity contribution in [1.82, 2.24) is 0 Å². The summed E-state index contributed by atoms with van der Waals surface area (Å²) >= 11 is 0. The molecule has 23 heavy (non-hydrogen) atoms. The van der Waals surface area contributed by atoms with Crippen molar-refractivity contribution in [2.45, 2.75) is 13.8 Å². The first-order valence-electron chi connectivity index (χ1n) is 7.42. The van der Waals surface area contributed by atoms with E-state index in [1.54, 1.807) is 20.4 Å². The maximum absolute atomic E-state index is 5.58. The first-order chi connectivity index (χ1) is 11.2. The van der Waals surface area contributed by atoms with Crippen LogP contribution in [0.3, 0.4) is 0 Å². The summed E-state index contributed by atoms with van der Waals surface area (Å²) < 4.78 is 16.3. The summed E-state index contributed by atoms with van der Waals surface area (Å²) in [5.41, 5.74) is 5.98. The van der Waals surface area contributed by atoms with Crippen molar-refractivity contribution in [2.75, 3.05) is 26.3 Å². The molecule has 2 aromatic carbocycles. The van der Waals surface area contributed by atoms with Gasteiger partial charge < -0.3 is 14.2 Å². The van der Waals surface area contributed by atoms with Crippen molar-refractivity contribution in [1.29, 1.82) is 0 Å². The standard InChI is InChI=1S/C18H22N2O3/c1-5-23-18-16(21-3)10-14(11-17(18)22-4)12-19-20-15-8-6-13(2)7-9-15/h6-12,20H,5H2,1-4H3/b19-12+. The molecule has 0 heterocycles. The van der Waals surface area contributed by atoms with Crippen LogP contribution in [0.5, 0.6) is 17.2 Å². The highest BCUT2D eigenvalue weighted by atomic mass is 16.5. The zero-order valence-corrected chi connectivity index (χ0v) is 13.9. The van der Waals surface area contributed by atoms with Gasteiger partial charge in [0.1, 0.15) is 0 Å². The monoisotopic (exact) mass is 314 g/mol. The number of rotatable bonds is 7. The third-order valence-electron chi connectivity index (χ3n) is 3.23. The highest BCUT2D eigenvalue weighted by molar-refractivity contribution is 5.83. The number of aryl methyl sites for hydroxylation is 1. The zero-order chi connectivity index (χ0) is 16.7. The summed E-state index contributed by atoms with van der Waals surface area (Å²) in [6.07, 6.45) is 1.71. The average molecular weight is 314 g/mol. The number of anilines is 1. The van der Waals surface area contributed by atoms with Crippen LogP contribution < -0.4 is 19.6 Å². The third kappa shape index (κ3) is 4.39. The van der Waals surface area contributed by atoms with Crippen LogP contribution in [0.2, 0.25) is 0 Å². The Morgan fingerprint density at radius 3 is 2.17 bits per heavy atom. The van der Waals surface area contributed by atoms with E-state index < -0.39 is 0 Å². The van der Waals surface area contributed by atoms with Gasteiger partial charge in [0.2, 0.25) is 5.75 Å². The lowest BCUT2D eigenvalue weighted by molar-refractivity contribution is 0.288. The summed E-state index contributed by atoms with van der Waals surface area (Å²) in [5, 5.41) is 4.24. The van der Waals surface area contributed by atoms with Crippen molar-refractivity contribution in [3.8, 4) is 17.2 Å². The fourth-order valence-corrected chi connectivity index (χ4v) is 2.07. The number of ether oxygens (including phenoxy) is 3. The molecule has 0 aromatic heterocycles. The van der Waals surface area contributed by atoms with Crippen LogP contribution in [-0.4, -0.2) is 27.0 Å². The summed E-state index contributed by atoms with van der Waals surface area (Å²) in [7, 11) is 3.20. The van der Waals surface area contributed by atoms with Gasteiger partial charge in [0.25, 0.3) is 0 Å². The Labute approximate surface area is 136 Å². The molecule has 0 amide bonds. The second-order valence-electron chi connectivity index (χ2n) is 4.92. The molecule has 0 fully saturated rings. The van der Waals surface area contributed by atoms with Gasteiger partial charge >= 0.3 is 0 Å². The molecular formula is C18H22N2O3. The smallest absolute Gasteiger partial charge is 0.203 e. The van der Waals surface area contributed by atoms with Gasteiger partial charge in [-0.1, -0.05) is 17.7 Å². The molecule has 0 unspecified atom stereocenters. The first kappa shape index (κ1) is 16.7. The quantitative estimate of drug-likeness (QED) is 0.623. The minimum absolute atomic E-state index is 0.537. The van der Waals surface area contributed by atoms with E-state index in [0.717, 1.165) is 11.3 Å². The van der Waals surface area contributed by atoms with Crippen LogP contribution in [0.1, 0.15) is 18.1 Å². The molecule has 0 saturated heterocycles. The van der Waals surface area contributed by atoms with E-state index in [2.05, 4.69) is 10.5 Å². The largest absolute Gasteiger partial charge is 0.493 e. The molecule has 1 N–H and O–H groups in total. The van der Waals surface area contributed by atoms with Crippen molar-refractivity contribution >= 4 is 11.9 Å².